The number of benzene rings is 2. The van der Waals surface area contributed by atoms with Gasteiger partial charge in [-0.1, -0.05) is 18.2 Å². The van der Waals surface area contributed by atoms with Crippen LogP contribution in [0.15, 0.2) is 47.3 Å². The summed E-state index contributed by atoms with van der Waals surface area (Å²) in [5.74, 6) is -0.341. The van der Waals surface area contributed by atoms with Gasteiger partial charge in [-0.3, -0.25) is 9.13 Å². The number of hydrogen-bond donors (Lipinski definition) is 1. The molecule has 1 unspecified atom stereocenters. The SMILES string of the molecule is Cn1c(=O)n(C)c2cc(C(O)c3ccc(F)cc3)ccc21. The number of fused-ring (bicyclic) bond motifs is 1. The molecule has 2 aromatic carbocycles. The van der Waals surface area contributed by atoms with Crippen molar-refractivity contribution in [3.05, 3.63) is 69.9 Å². The Labute approximate surface area is 120 Å². The molecule has 3 rings (SSSR count). The summed E-state index contributed by atoms with van der Waals surface area (Å²) < 4.78 is 16.0. The van der Waals surface area contributed by atoms with Gasteiger partial charge in [0.05, 0.1) is 11.0 Å². The summed E-state index contributed by atoms with van der Waals surface area (Å²) in [5.41, 5.74) is 2.71. The van der Waals surface area contributed by atoms with Gasteiger partial charge in [0.2, 0.25) is 0 Å². The van der Waals surface area contributed by atoms with Crippen LogP contribution >= 0.6 is 0 Å². The molecule has 0 fully saturated rings. The molecule has 0 aliphatic carbocycles. The Kier molecular flexibility index (Phi) is 3.14. The molecule has 5 heteroatoms. The van der Waals surface area contributed by atoms with Gasteiger partial charge in [-0.2, -0.15) is 0 Å². The van der Waals surface area contributed by atoms with E-state index in [2.05, 4.69) is 0 Å². The summed E-state index contributed by atoms with van der Waals surface area (Å²) in [4.78, 5) is 11.9. The fourth-order valence-electron chi connectivity index (χ4n) is 2.53. The maximum atomic E-state index is 12.9. The molecule has 108 valence electrons. The number of aromatic nitrogens is 2. The van der Waals surface area contributed by atoms with E-state index in [9.17, 15) is 14.3 Å². The average Bonchev–Trinajstić information content (AvgIpc) is 2.72. The minimum Gasteiger partial charge on any atom is -0.384 e. The first kappa shape index (κ1) is 13.6. The summed E-state index contributed by atoms with van der Waals surface area (Å²) in [5, 5.41) is 10.4. The fourth-order valence-corrected chi connectivity index (χ4v) is 2.53. The summed E-state index contributed by atoms with van der Waals surface area (Å²) in [6.07, 6.45) is -0.856. The van der Waals surface area contributed by atoms with E-state index in [4.69, 9.17) is 0 Å². The minimum atomic E-state index is -0.856. The second-order valence-electron chi connectivity index (χ2n) is 5.10. The van der Waals surface area contributed by atoms with E-state index in [0.29, 0.717) is 11.1 Å². The first-order valence-corrected chi connectivity index (χ1v) is 6.58. The predicted octanol–water partition coefficient (Wildman–Crippen LogP) is 2.10. The first-order valence-electron chi connectivity index (χ1n) is 6.58. The van der Waals surface area contributed by atoms with E-state index >= 15 is 0 Å². The Morgan fingerprint density at radius 2 is 1.52 bits per heavy atom. The van der Waals surface area contributed by atoms with Gasteiger partial charge in [-0.15, -0.1) is 0 Å². The second-order valence-corrected chi connectivity index (χ2v) is 5.10. The van der Waals surface area contributed by atoms with Crippen molar-refractivity contribution in [2.75, 3.05) is 0 Å². The Morgan fingerprint density at radius 3 is 2.19 bits per heavy atom. The molecule has 0 amide bonds. The van der Waals surface area contributed by atoms with Gasteiger partial charge < -0.3 is 5.11 Å². The van der Waals surface area contributed by atoms with E-state index in [1.807, 2.05) is 0 Å². The van der Waals surface area contributed by atoms with Crippen LogP contribution in [0.25, 0.3) is 11.0 Å². The highest BCUT2D eigenvalue weighted by Gasteiger charge is 2.14. The van der Waals surface area contributed by atoms with Crippen molar-refractivity contribution in [3.63, 3.8) is 0 Å². The number of aliphatic hydroxyl groups is 1. The number of aryl methyl sites for hydroxylation is 2. The molecule has 1 N–H and O–H groups in total. The van der Waals surface area contributed by atoms with Gasteiger partial charge in [-0.05, 0) is 35.4 Å². The van der Waals surface area contributed by atoms with Crippen molar-refractivity contribution in [3.8, 4) is 0 Å². The van der Waals surface area contributed by atoms with E-state index < -0.39 is 6.10 Å². The molecule has 1 aromatic heterocycles. The van der Waals surface area contributed by atoms with Gasteiger partial charge in [0.15, 0.2) is 0 Å². The van der Waals surface area contributed by atoms with Gasteiger partial charge in [0, 0.05) is 14.1 Å². The van der Waals surface area contributed by atoms with Crippen molar-refractivity contribution >= 4 is 11.0 Å². The molecule has 1 heterocycles. The number of hydrogen-bond acceptors (Lipinski definition) is 2. The minimum absolute atomic E-state index is 0.113. The van der Waals surface area contributed by atoms with Gasteiger partial charge in [-0.25, -0.2) is 9.18 Å². The number of aliphatic hydroxyl groups excluding tert-OH is 1. The smallest absolute Gasteiger partial charge is 0.328 e. The van der Waals surface area contributed by atoms with Gasteiger partial charge in [0.25, 0.3) is 0 Å². The maximum Gasteiger partial charge on any atom is 0.328 e. The summed E-state index contributed by atoms with van der Waals surface area (Å²) in [7, 11) is 3.40. The lowest BCUT2D eigenvalue weighted by Crippen LogP contribution is -2.19. The highest BCUT2D eigenvalue weighted by molar-refractivity contribution is 5.77. The molecular formula is C16H15FN2O2. The summed E-state index contributed by atoms with van der Waals surface area (Å²) in [6, 6.07) is 11.1. The summed E-state index contributed by atoms with van der Waals surface area (Å²) >= 11 is 0. The molecule has 0 bridgehead atoms. The van der Waals surface area contributed by atoms with E-state index in [1.54, 1.807) is 49.0 Å². The molecule has 0 spiro atoms. The van der Waals surface area contributed by atoms with E-state index in [0.717, 1.165) is 11.0 Å². The van der Waals surface area contributed by atoms with Crippen LogP contribution in [0.2, 0.25) is 0 Å². The summed E-state index contributed by atoms with van der Waals surface area (Å²) in [6.45, 7) is 0. The zero-order chi connectivity index (χ0) is 15.1. The first-order chi connectivity index (χ1) is 9.99. The fraction of sp³-hybridized carbons (Fsp3) is 0.188. The zero-order valence-corrected chi connectivity index (χ0v) is 11.7. The van der Waals surface area contributed by atoms with Gasteiger partial charge in [0.1, 0.15) is 11.9 Å². The third kappa shape index (κ3) is 2.15. The Morgan fingerprint density at radius 1 is 0.952 bits per heavy atom. The van der Waals surface area contributed by atoms with Crippen LogP contribution in [0.3, 0.4) is 0 Å². The van der Waals surface area contributed by atoms with Crippen LogP contribution < -0.4 is 5.69 Å². The normalized spacial score (nSPS) is 12.8. The topological polar surface area (TPSA) is 47.2 Å². The molecule has 3 aromatic rings. The molecule has 1 atom stereocenters. The van der Waals surface area contributed by atoms with Crippen molar-refractivity contribution in [2.45, 2.75) is 6.10 Å². The predicted molar refractivity (Wildman–Crippen MR) is 78.6 cm³/mol. The third-order valence-electron chi connectivity index (χ3n) is 3.80. The van der Waals surface area contributed by atoms with Crippen LogP contribution in [0.5, 0.6) is 0 Å². The van der Waals surface area contributed by atoms with Gasteiger partial charge >= 0.3 is 5.69 Å². The van der Waals surface area contributed by atoms with Crippen LogP contribution in [0.1, 0.15) is 17.2 Å². The Hall–Kier alpha value is -2.40. The van der Waals surface area contributed by atoms with Crippen LogP contribution in [0, 0.1) is 5.82 Å². The molecule has 4 nitrogen and oxygen atoms in total. The Bertz CT molecular complexity index is 862. The number of nitrogens with zero attached hydrogens (tertiary/aromatic N) is 2. The quantitative estimate of drug-likeness (QED) is 0.784. The molecule has 0 saturated carbocycles. The third-order valence-corrected chi connectivity index (χ3v) is 3.80. The molecule has 0 aliphatic heterocycles. The van der Waals surface area contributed by atoms with E-state index in [-0.39, 0.29) is 11.5 Å². The molecule has 0 aliphatic rings. The van der Waals surface area contributed by atoms with E-state index in [1.165, 1.54) is 16.7 Å². The maximum absolute atomic E-state index is 12.9. The Balaban J connectivity index is 2.10. The van der Waals surface area contributed by atoms with Crippen molar-refractivity contribution in [2.24, 2.45) is 14.1 Å². The van der Waals surface area contributed by atoms with Crippen LogP contribution in [0.4, 0.5) is 4.39 Å². The molecular weight excluding hydrogens is 271 g/mol. The van der Waals surface area contributed by atoms with Crippen molar-refractivity contribution < 1.29 is 9.50 Å². The largest absolute Gasteiger partial charge is 0.384 e. The molecule has 0 radical (unpaired) electrons. The number of imidazole rings is 1. The lowest BCUT2D eigenvalue weighted by atomic mass is 10.0. The molecule has 21 heavy (non-hydrogen) atoms. The molecule has 0 saturated heterocycles. The standard InChI is InChI=1S/C16H15FN2O2/c1-18-13-8-5-11(9-14(13)19(2)16(18)21)15(20)10-3-6-12(17)7-4-10/h3-9,15,20H,1-2H3. The highest BCUT2D eigenvalue weighted by atomic mass is 19.1. The second kappa shape index (κ2) is 4.86. The van der Waals surface area contributed by atoms with Crippen LogP contribution in [-0.2, 0) is 14.1 Å². The van der Waals surface area contributed by atoms with Crippen molar-refractivity contribution in [1.82, 2.24) is 9.13 Å². The van der Waals surface area contributed by atoms with Crippen molar-refractivity contribution in [1.29, 1.82) is 0 Å². The number of halogens is 1. The zero-order valence-electron chi connectivity index (χ0n) is 11.7. The van der Waals surface area contributed by atoms with Crippen LogP contribution in [-0.4, -0.2) is 14.2 Å². The highest BCUT2D eigenvalue weighted by Crippen LogP contribution is 2.25. The lowest BCUT2D eigenvalue weighted by Gasteiger charge is -2.12. The lowest BCUT2D eigenvalue weighted by molar-refractivity contribution is 0.220. The average molecular weight is 286 g/mol. The number of rotatable bonds is 2. The monoisotopic (exact) mass is 286 g/mol.